The van der Waals surface area contributed by atoms with Gasteiger partial charge in [0, 0.05) is 38.9 Å². The predicted octanol–water partition coefficient (Wildman–Crippen LogP) is 5.13. The number of allylic oxidation sites excluding steroid dienone is 1. The van der Waals surface area contributed by atoms with Gasteiger partial charge in [-0.2, -0.15) is 0 Å². The highest BCUT2D eigenvalue weighted by Gasteiger charge is 2.75. The molecule has 3 heterocycles. The first kappa shape index (κ1) is 39.9. The van der Waals surface area contributed by atoms with E-state index in [1.165, 1.54) is 7.11 Å². The van der Waals surface area contributed by atoms with Crippen molar-refractivity contribution in [2.24, 2.45) is 11.8 Å². The zero-order valence-corrected chi connectivity index (χ0v) is 31.3. The molecule has 0 aromatic heterocycles. The van der Waals surface area contributed by atoms with E-state index in [0.29, 0.717) is 44.2 Å². The van der Waals surface area contributed by atoms with Crippen LogP contribution in [0, 0.1) is 25.7 Å². The summed E-state index contributed by atoms with van der Waals surface area (Å²) < 4.78 is 18.6. The summed E-state index contributed by atoms with van der Waals surface area (Å²) in [7, 11) is 1.52. The van der Waals surface area contributed by atoms with Crippen LogP contribution in [0.25, 0.3) is 0 Å². The fourth-order valence-corrected chi connectivity index (χ4v) is 8.61. The zero-order chi connectivity index (χ0) is 38.1. The van der Waals surface area contributed by atoms with Crippen molar-refractivity contribution in [1.82, 2.24) is 10.2 Å². The molecule has 5 rings (SSSR count). The minimum atomic E-state index is -1.23. The van der Waals surface area contributed by atoms with Gasteiger partial charge in [0.15, 0.2) is 0 Å². The lowest BCUT2D eigenvalue weighted by molar-refractivity contribution is -0.163. The summed E-state index contributed by atoms with van der Waals surface area (Å²) in [6, 6.07) is 13.3. The van der Waals surface area contributed by atoms with Gasteiger partial charge in [0.2, 0.25) is 11.8 Å². The van der Waals surface area contributed by atoms with Crippen LogP contribution in [0.4, 0.5) is 5.69 Å². The van der Waals surface area contributed by atoms with Crippen LogP contribution in [0.3, 0.4) is 0 Å². The molecule has 3 aliphatic heterocycles. The molecule has 3 amide bonds. The third-order valence-corrected chi connectivity index (χ3v) is 10.9. The molecule has 11 heteroatoms. The summed E-state index contributed by atoms with van der Waals surface area (Å²) in [5, 5.41) is 12.3. The Morgan fingerprint density at radius 1 is 1.06 bits per heavy atom. The number of esters is 1. The number of anilines is 1. The number of benzene rings is 2. The third-order valence-electron chi connectivity index (χ3n) is 10.9. The maximum Gasteiger partial charge on any atom is 0.313 e. The van der Waals surface area contributed by atoms with Gasteiger partial charge in [-0.1, -0.05) is 73.5 Å². The van der Waals surface area contributed by atoms with Crippen LogP contribution < -0.4 is 10.2 Å². The molecule has 1 spiro atoms. The number of unbranched alkanes of at least 4 members (excludes halogenated alkanes) is 3. The number of para-hydroxylation sites is 1. The molecule has 2 N–H and O–H groups in total. The van der Waals surface area contributed by atoms with Crippen molar-refractivity contribution < 1.29 is 38.5 Å². The third kappa shape index (κ3) is 8.27. The number of hydrogen-bond donors (Lipinski definition) is 2. The van der Waals surface area contributed by atoms with Crippen molar-refractivity contribution in [2.45, 2.75) is 95.1 Å². The van der Waals surface area contributed by atoms with Gasteiger partial charge in [-0.15, -0.1) is 13.2 Å². The number of nitrogens with zero attached hydrogens (tertiary/aromatic N) is 2. The molecule has 0 radical (unpaired) electrons. The average Bonchev–Trinajstić information content (AvgIpc) is 3.79. The predicted molar refractivity (Wildman–Crippen MR) is 202 cm³/mol. The van der Waals surface area contributed by atoms with E-state index in [1.54, 1.807) is 22.0 Å². The molecule has 3 fully saturated rings. The quantitative estimate of drug-likeness (QED) is 0.109. The first-order valence-electron chi connectivity index (χ1n) is 18.9. The van der Waals surface area contributed by atoms with Crippen LogP contribution in [-0.2, 0) is 33.4 Å². The number of nitrogens with one attached hydrogen (secondary N) is 1. The lowest BCUT2D eigenvalue weighted by Crippen LogP contribution is -2.56. The van der Waals surface area contributed by atoms with Crippen molar-refractivity contribution in [3.05, 3.63) is 90.5 Å². The number of aliphatic hydroxyl groups excluding tert-OH is 1. The second-order valence-corrected chi connectivity index (χ2v) is 14.4. The van der Waals surface area contributed by atoms with Crippen LogP contribution in [0.15, 0.2) is 73.8 Å². The van der Waals surface area contributed by atoms with Crippen molar-refractivity contribution in [3.63, 3.8) is 0 Å². The number of rotatable bonds is 20. The minimum absolute atomic E-state index is 0.0711. The fraction of sp³-hybridized carbons (Fsp3) is 0.524. The Bertz CT molecular complexity index is 1610. The lowest BCUT2D eigenvalue weighted by Gasteiger charge is -2.37. The Labute approximate surface area is 313 Å². The van der Waals surface area contributed by atoms with E-state index < -0.39 is 47.7 Å². The van der Waals surface area contributed by atoms with Gasteiger partial charge in [-0.05, 0) is 62.6 Å². The van der Waals surface area contributed by atoms with Gasteiger partial charge in [-0.3, -0.25) is 19.2 Å². The van der Waals surface area contributed by atoms with E-state index in [4.69, 9.17) is 14.2 Å². The summed E-state index contributed by atoms with van der Waals surface area (Å²) in [4.78, 5) is 60.6. The molecule has 11 nitrogen and oxygen atoms in total. The van der Waals surface area contributed by atoms with Crippen LogP contribution in [-0.4, -0.2) is 90.9 Å². The Kier molecular flexibility index (Phi) is 13.6. The Morgan fingerprint density at radius 3 is 2.43 bits per heavy atom. The normalized spacial score (nSPS) is 24.0. The summed E-state index contributed by atoms with van der Waals surface area (Å²) in [5.74, 6) is -3.29. The number of methoxy groups -OCH3 is 1. The van der Waals surface area contributed by atoms with Crippen molar-refractivity contribution >= 4 is 29.4 Å². The number of carbonyl (C=O) groups is 4. The Hall–Kier alpha value is -4.32. The van der Waals surface area contributed by atoms with Crippen LogP contribution in [0.2, 0.25) is 0 Å². The van der Waals surface area contributed by atoms with Crippen molar-refractivity contribution in [1.29, 1.82) is 0 Å². The van der Waals surface area contributed by atoms with Gasteiger partial charge in [-0.25, -0.2) is 0 Å². The summed E-state index contributed by atoms with van der Waals surface area (Å²) in [5.41, 5.74) is 2.04. The van der Waals surface area contributed by atoms with E-state index in [2.05, 4.69) is 18.5 Å². The molecule has 53 heavy (non-hydrogen) atoms. The van der Waals surface area contributed by atoms with Gasteiger partial charge in [0.1, 0.15) is 17.7 Å². The summed E-state index contributed by atoms with van der Waals surface area (Å²) in [6.45, 7) is 12.3. The van der Waals surface area contributed by atoms with E-state index in [9.17, 15) is 19.5 Å². The standard InChI is InChI=1S/C42H55N3O8/c1-6-8-21-33(47)43-31(27-51-5)37(30-19-12-11-13-20-30)52-41(50)34-32-22-23-42(53-32)35(34)39(48)45(25-14-9-10-15-26-46)38(42)40(49)44(24-7-2)36-28(3)17-16-18-29(36)4/h6-7,11-13,16-20,31-32,34-35,37-38,46H,1-2,8-10,14-15,21-27H2,3-5H3,(H,43,47)/t31-,32+,34-,35-,37-,38+,42-/m1/s1. The molecule has 0 unspecified atom stereocenters. The molecule has 2 bridgehead atoms. The number of likely N-dealkylation sites (tertiary alicyclic amines) is 1. The van der Waals surface area contributed by atoms with E-state index in [0.717, 1.165) is 29.7 Å². The highest BCUT2D eigenvalue weighted by atomic mass is 16.6. The largest absolute Gasteiger partial charge is 0.455 e. The molecule has 3 saturated heterocycles. The van der Waals surface area contributed by atoms with Crippen molar-refractivity contribution in [2.75, 3.05) is 38.3 Å². The second-order valence-electron chi connectivity index (χ2n) is 14.4. The molecular formula is C42H55N3O8. The molecule has 7 atom stereocenters. The fourth-order valence-electron chi connectivity index (χ4n) is 8.61. The maximum absolute atomic E-state index is 15.0. The maximum atomic E-state index is 15.0. The van der Waals surface area contributed by atoms with Gasteiger partial charge >= 0.3 is 5.97 Å². The number of amides is 3. The summed E-state index contributed by atoms with van der Waals surface area (Å²) >= 11 is 0. The van der Waals surface area contributed by atoms with Crippen LogP contribution >= 0.6 is 0 Å². The highest BCUT2D eigenvalue weighted by Crippen LogP contribution is 2.59. The van der Waals surface area contributed by atoms with Gasteiger partial charge < -0.3 is 34.4 Å². The van der Waals surface area contributed by atoms with Crippen LogP contribution in [0.1, 0.15) is 74.2 Å². The van der Waals surface area contributed by atoms with Crippen molar-refractivity contribution in [3.8, 4) is 0 Å². The molecule has 286 valence electrons. The SMILES string of the molecule is C=CCCC(=O)N[C@H](COC)[C@H](OC(=O)[C@@H]1[C@@H]2CC[C@]3(O2)[C@H](C(=O)N(CC=C)c2c(C)cccc2C)N(CCCCCCO)C(=O)[C@@H]13)c1ccccc1. The van der Waals surface area contributed by atoms with E-state index in [-0.39, 0.29) is 43.9 Å². The lowest BCUT2D eigenvalue weighted by atomic mass is 9.70. The zero-order valence-electron chi connectivity index (χ0n) is 31.3. The number of carbonyl (C=O) groups excluding carboxylic acids is 4. The molecular weight excluding hydrogens is 674 g/mol. The van der Waals surface area contributed by atoms with Crippen LogP contribution in [0.5, 0.6) is 0 Å². The van der Waals surface area contributed by atoms with E-state index >= 15 is 4.79 Å². The molecule has 3 aliphatic rings. The molecule has 2 aromatic carbocycles. The number of aryl methyl sites for hydroxylation is 2. The number of hydrogen-bond acceptors (Lipinski definition) is 8. The first-order valence-corrected chi connectivity index (χ1v) is 18.9. The average molecular weight is 730 g/mol. The molecule has 0 aliphatic carbocycles. The molecule has 2 aromatic rings. The summed E-state index contributed by atoms with van der Waals surface area (Å²) in [6.07, 6.45) is 6.27. The number of ether oxygens (including phenoxy) is 3. The molecule has 0 saturated carbocycles. The minimum Gasteiger partial charge on any atom is -0.455 e. The smallest absolute Gasteiger partial charge is 0.313 e. The highest BCUT2D eigenvalue weighted by molar-refractivity contribution is 6.05. The monoisotopic (exact) mass is 729 g/mol. The van der Waals surface area contributed by atoms with Gasteiger partial charge in [0.25, 0.3) is 5.91 Å². The number of fused-ring (bicyclic) bond motifs is 1. The second kappa shape index (κ2) is 18.1. The van der Waals surface area contributed by atoms with E-state index in [1.807, 2.05) is 62.4 Å². The first-order chi connectivity index (χ1) is 25.6. The Balaban J connectivity index is 1.50. The Morgan fingerprint density at radius 2 is 1.77 bits per heavy atom. The number of aliphatic hydroxyl groups is 1. The topological polar surface area (TPSA) is 135 Å². The van der Waals surface area contributed by atoms with Gasteiger partial charge in [0.05, 0.1) is 30.6 Å².